The highest BCUT2D eigenvalue weighted by Gasteiger charge is 2.30. The molecule has 0 atom stereocenters. The van der Waals surface area contributed by atoms with Gasteiger partial charge in [0, 0.05) is 4.90 Å². The fraction of sp³-hybridized carbons (Fsp3) is 0.222. The molecular weight excluding hydrogens is 243 g/mol. The van der Waals surface area contributed by atoms with Crippen LogP contribution in [0.3, 0.4) is 0 Å². The number of oxazole rings is 1. The van der Waals surface area contributed by atoms with Gasteiger partial charge in [0.05, 0.1) is 0 Å². The molecular formula is C9H6F3NO2S. The standard InChI is InChI=1S/C9H6F3NO2S/c10-9(11,12)16-6-3-1-2-5-8(6)13-7(4-14)15-5/h1-3,14H,4H2. The van der Waals surface area contributed by atoms with Gasteiger partial charge in [0.2, 0.25) is 5.89 Å². The Bertz CT molecular complexity index is 509. The summed E-state index contributed by atoms with van der Waals surface area (Å²) in [5.74, 6) is 0.00484. The molecule has 1 aromatic heterocycles. The van der Waals surface area contributed by atoms with Crippen LogP contribution < -0.4 is 0 Å². The molecule has 3 nitrogen and oxygen atoms in total. The average molecular weight is 249 g/mol. The van der Waals surface area contributed by atoms with Gasteiger partial charge < -0.3 is 9.52 Å². The summed E-state index contributed by atoms with van der Waals surface area (Å²) in [7, 11) is 0. The maximum absolute atomic E-state index is 12.2. The summed E-state index contributed by atoms with van der Waals surface area (Å²) in [5.41, 5.74) is -4.01. The predicted octanol–water partition coefficient (Wildman–Crippen LogP) is 2.93. The van der Waals surface area contributed by atoms with Crippen molar-refractivity contribution in [2.45, 2.75) is 17.0 Å². The number of para-hydroxylation sites is 1. The highest BCUT2D eigenvalue weighted by molar-refractivity contribution is 8.00. The summed E-state index contributed by atoms with van der Waals surface area (Å²) < 4.78 is 41.7. The minimum Gasteiger partial charge on any atom is -0.438 e. The molecule has 0 unspecified atom stereocenters. The first-order chi connectivity index (χ1) is 7.49. The van der Waals surface area contributed by atoms with Crippen molar-refractivity contribution < 1.29 is 22.7 Å². The van der Waals surface area contributed by atoms with Gasteiger partial charge in [-0.15, -0.1) is 0 Å². The molecule has 1 aromatic carbocycles. The Morgan fingerprint density at radius 1 is 1.38 bits per heavy atom. The van der Waals surface area contributed by atoms with E-state index >= 15 is 0 Å². The number of halogens is 3. The molecule has 0 fully saturated rings. The molecule has 0 bridgehead atoms. The first kappa shape index (κ1) is 11.3. The smallest absolute Gasteiger partial charge is 0.438 e. The number of benzene rings is 1. The van der Waals surface area contributed by atoms with E-state index in [-0.39, 0.29) is 33.6 Å². The number of aliphatic hydroxyl groups is 1. The molecule has 0 spiro atoms. The maximum atomic E-state index is 12.2. The number of fused-ring (bicyclic) bond motifs is 1. The van der Waals surface area contributed by atoms with Gasteiger partial charge in [0.25, 0.3) is 0 Å². The molecule has 0 saturated heterocycles. The Balaban J connectivity index is 2.48. The summed E-state index contributed by atoms with van der Waals surface area (Å²) in [5, 5.41) is 8.78. The van der Waals surface area contributed by atoms with Gasteiger partial charge in [-0.1, -0.05) is 6.07 Å². The van der Waals surface area contributed by atoms with E-state index in [1.165, 1.54) is 18.2 Å². The van der Waals surface area contributed by atoms with Crippen molar-refractivity contribution in [3.63, 3.8) is 0 Å². The van der Waals surface area contributed by atoms with E-state index in [9.17, 15) is 13.2 Å². The molecule has 7 heteroatoms. The second-order valence-electron chi connectivity index (χ2n) is 2.92. The lowest BCUT2D eigenvalue weighted by Crippen LogP contribution is -1.99. The first-order valence-corrected chi connectivity index (χ1v) is 5.06. The van der Waals surface area contributed by atoms with Crippen LogP contribution in [0.1, 0.15) is 5.89 Å². The van der Waals surface area contributed by atoms with E-state index < -0.39 is 12.1 Å². The minimum atomic E-state index is -4.37. The number of alkyl halides is 3. The zero-order valence-corrected chi connectivity index (χ0v) is 8.60. The third-order valence-electron chi connectivity index (χ3n) is 1.79. The molecule has 0 aliphatic carbocycles. The number of rotatable bonds is 2. The predicted molar refractivity (Wildman–Crippen MR) is 51.8 cm³/mol. The molecule has 0 aliphatic rings. The topological polar surface area (TPSA) is 46.3 Å². The average Bonchev–Trinajstić information content (AvgIpc) is 2.59. The van der Waals surface area contributed by atoms with Crippen LogP contribution in [0.25, 0.3) is 11.1 Å². The van der Waals surface area contributed by atoms with Crippen LogP contribution in [-0.4, -0.2) is 15.6 Å². The van der Waals surface area contributed by atoms with E-state index in [0.717, 1.165) is 0 Å². The van der Waals surface area contributed by atoms with Crippen LogP contribution in [0.5, 0.6) is 0 Å². The van der Waals surface area contributed by atoms with Crippen molar-refractivity contribution in [2.24, 2.45) is 0 Å². The highest BCUT2D eigenvalue weighted by atomic mass is 32.2. The fourth-order valence-electron chi connectivity index (χ4n) is 1.24. The van der Waals surface area contributed by atoms with Crippen molar-refractivity contribution in [1.82, 2.24) is 4.98 Å². The zero-order chi connectivity index (χ0) is 11.8. The number of hydrogen-bond donors (Lipinski definition) is 1. The first-order valence-electron chi connectivity index (χ1n) is 4.24. The van der Waals surface area contributed by atoms with Gasteiger partial charge in [-0.25, -0.2) is 4.98 Å². The van der Waals surface area contributed by atoms with Crippen molar-refractivity contribution in [1.29, 1.82) is 0 Å². The molecule has 2 aromatic rings. The quantitative estimate of drug-likeness (QED) is 0.831. The molecule has 0 aliphatic heterocycles. The molecule has 2 rings (SSSR count). The van der Waals surface area contributed by atoms with E-state index in [1.807, 2.05) is 0 Å². The van der Waals surface area contributed by atoms with E-state index in [1.54, 1.807) is 0 Å². The Morgan fingerprint density at radius 3 is 2.75 bits per heavy atom. The number of aromatic nitrogens is 1. The number of hydrogen-bond acceptors (Lipinski definition) is 4. The van der Waals surface area contributed by atoms with Gasteiger partial charge in [-0.2, -0.15) is 13.2 Å². The molecule has 0 amide bonds. The van der Waals surface area contributed by atoms with Crippen molar-refractivity contribution in [2.75, 3.05) is 0 Å². The van der Waals surface area contributed by atoms with Gasteiger partial charge in [0.15, 0.2) is 5.58 Å². The summed E-state index contributed by atoms with van der Waals surface area (Å²) in [4.78, 5) is 3.74. The third kappa shape index (κ3) is 2.30. The lowest BCUT2D eigenvalue weighted by molar-refractivity contribution is -0.0327. The second-order valence-corrected chi connectivity index (χ2v) is 4.02. The number of thioether (sulfide) groups is 1. The Labute approximate surface area is 92.3 Å². The normalized spacial score (nSPS) is 12.2. The van der Waals surface area contributed by atoms with Crippen molar-refractivity contribution >= 4 is 22.9 Å². The van der Waals surface area contributed by atoms with Crippen molar-refractivity contribution in [3.8, 4) is 0 Å². The monoisotopic (exact) mass is 249 g/mol. The Morgan fingerprint density at radius 2 is 2.12 bits per heavy atom. The van der Waals surface area contributed by atoms with Gasteiger partial charge in [-0.05, 0) is 23.9 Å². The number of aliphatic hydroxyl groups excluding tert-OH is 1. The molecule has 0 radical (unpaired) electrons. The van der Waals surface area contributed by atoms with Gasteiger partial charge in [-0.3, -0.25) is 0 Å². The third-order valence-corrected chi connectivity index (χ3v) is 2.57. The summed E-state index contributed by atoms with van der Waals surface area (Å²) in [6.07, 6.45) is 0. The second kappa shape index (κ2) is 3.99. The minimum absolute atomic E-state index is 0.00484. The van der Waals surface area contributed by atoms with Crippen LogP contribution in [0.15, 0.2) is 27.5 Å². The SMILES string of the molecule is OCc1nc2c(SC(F)(F)F)cccc2o1. The summed E-state index contributed by atoms with van der Waals surface area (Å²) in [6, 6.07) is 4.26. The Kier molecular flexibility index (Phi) is 2.81. The van der Waals surface area contributed by atoms with E-state index in [4.69, 9.17) is 9.52 Å². The lowest BCUT2D eigenvalue weighted by atomic mass is 10.3. The number of nitrogens with zero attached hydrogens (tertiary/aromatic N) is 1. The maximum Gasteiger partial charge on any atom is 0.446 e. The van der Waals surface area contributed by atoms with Gasteiger partial charge >= 0.3 is 5.51 Å². The molecule has 1 heterocycles. The molecule has 86 valence electrons. The van der Waals surface area contributed by atoms with E-state index in [0.29, 0.717) is 0 Å². The van der Waals surface area contributed by atoms with E-state index in [2.05, 4.69) is 4.98 Å². The zero-order valence-electron chi connectivity index (χ0n) is 7.78. The Hall–Kier alpha value is -1.21. The molecule has 16 heavy (non-hydrogen) atoms. The largest absolute Gasteiger partial charge is 0.446 e. The van der Waals surface area contributed by atoms with Crippen LogP contribution >= 0.6 is 11.8 Å². The lowest BCUT2D eigenvalue weighted by Gasteiger charge is -2.04. The molecule has 0 saturated carbocycles. The fourth-order valence-corrected chi connectivity index (χ4v) is 1.88. The highest BCUT2D eigenvalue weighted by Crippen LogP contribution is 2.39. The van der Waals surface area contributed by atoms with Crippen LogP contribution in [0.4, 0.5) is 13.2 Å². The van der Waals surface area contributed by atoms with Crippen molar-refractivity contribution in [3.05, 3.63) is 24.1 Å². The molecule has 1 N–H and O–H groups in total. The summed E-state index contributed by atoms with van der Waals surface area (Å²) >= 11 is -0.250. The van der Waals surface area contributed by atoms with Crippen LogP contribution in [0, 0.1) is 0 Å². The summed E-state index contributed by atoms with van der Waals surface area (Å²) in [6.45, 7) is -0.440. The van der Waals surface area contributed by atoms with Crippen LogP contribution in [0.2, 0.25) is 0 Å². The van der Waals surface area contributed by atoms with Crippen LogP contribution in [-0.2, 0) is 6.61 Å². The van der Waals surface area contributed by atoms with Gasteiger partial charge in [0.1, 0.15) is 12.1 Å².